The van der Waals surface area contributed by atoms with Crippen molar-refractivity contribution in [1.82, 2.24) is 0 Å². The number of carbonyl (C=O) groups excluding carboxylic acids is 2. The molecule has 0 aromatic rings. The van der Waals surface area contributed by atoms with Crippen molar-refractivity contribution in [3.63, 3.8) is 0 Å². The first kappa shape index (κ1) is 23.9. The zero-order valence-corrected chi connectivity index (χ0v) is 19.2. The second-order valence-corrected chi connectivity index (χ2v) is 11.6. The third-order valence-corrected chi connectivity index (χ3v) is 9.48. The molecule has 5 unspecified atom stereocenters. The van der Waals surface area contributed by atoms with Crippen molar-refractivity contribution in [2.24, 2.45) is 28.6 Å². The maximum Gasteiger partial charge on any atom is 0.470 e. The second-order valence-electron chi connectivity index (χ2n) is 10.4. The summed E-state index contributed by atoms with van der Waals surface area (Å²) < 4.78 is 32.5. The molecule has 0 radical (unpaired) electrons. The van der Waals surface area contributed by atoms with Gasteiger partial charge in [0.05, 0.1) is 6.10 Å². The molecule has 0 bridgehead atoms. The lowest BCUT2D eigenvalue weighted by atomic mass is 9.44. The third-order valence-electron chi connectivity index (χ3n) is 9.01. The van der Waals surface area contributed by atoms with Gasteiger partial charge in [-0.3, -0.25) is 14.1 Å². The van der Waals surface area contributed by atoms with Crippen LogP contribution in [-0.4, -0.2) is 55.5 Å². The van der Waals surface area contributed by atoms with Crippen molar-refractivity contribution in [2.45, 2.75) is 63.8 Å². The summed E-state index contributed by atoms with van der Waals surface area (Å²) in [6.45, 7) is 4.00. The van der Waals surface area contributed by atoms with Gasteiger partial charge in [0.2, 0.25) is 0 Å². The van der Waals surface area contributed by atoms with Gasteiger partial charge < -0.3 is 20.0 Å². The van der Waals surface area contributed by atoms with Gasteiger partial charge in [-0.15, -0.1) is 0 Å². The summed E-state index contributed by atoms with van der Waals surface area (Å²) in [6, 6.07) is 0. The van der Waals surface area contributed by atoms with Gasteiger partial charge in [-0.05, 0) is 56.6 Å². The third kappa shape index (κ3) is 2.95. The van der Waals surface area contributed by atoms with Crippen LogP contribution >= 0.6 is 7.82 Å². The minimum Gasteiger partial charge on any atom is -0.390 e. The summed E-state index contributed by atoms with van der Waals surface area (Å²) in [4.78, 5) is 42.8. The Hall–Kier alpha value is -1.22. The summed E-state index contributed by atoms with van der Waals surface area (Å²) in [5.74, 6) is -2.87. The van der Waals surface area contributed by atoms with E-state index < -0.39 is 66.2 Å². The Morgan fingerprint density at radius 2 is 1.97 bits per heavy atom. The van der Waals surface area contributed by atoms with Crippen LogP contribution in [-0.2, 0) is 18.7 Å². The Bertz CT molecular complexity index is 973. The Kier molecular flexibility index (Phi) is 5.34. The van der Waals surface area contributed by atoms with Crippen LogP contribution in [0.3, 0.4) is 0 Å². The first-order valence-electron chi connectivity index (χ1n) is 10.9. The standard InChI is InChI=1S/C22H30FO8P/c1-12-8-16-15-5-4-13-9-14(24)6-7-19(13,2)21(15,23)17(25)10-20(16,3)22(12,27)18(26)11-31-32(28,29)30/h6-7,9,12,15-17,25,27H,4-5,8,10-11H2,1-3H3,(H2,28,29,30)/t12-,15?,16?,17?,19?,20?,21+,22+/m1/s1. The monoisotopic (exact) mass is 472 g/mol. The van der Waals surface area contributed by atoms with Crippen LogP contribution in [0, 0.1) is 28.6 Å². The van der Waals surface area contributed by atoms with Gasteiger partial charge in [0, 0.05) is 16.7 Å². The maximum atomic E-state index is 17.0. The van der Waals surface area contributed by atoms with E-state index in [0.717, 1.165) is 0 Å². The van der Waals surface area contributed by atoms with E-state index in [-0.39, 0.29) is 12.2 Å². The maximum absolute atomic E-state index is 17.0. The number of aliphatic hydroxyl groups excluding tert-OH is 1. The number of ketones is 2. The summed E-state index contributed by atoms with van der Waals surface area (Å²) in [7, 11) is -4.93. The molecule has 0 heterocycles. The van der Waals surface area contributed by atoms with Crippen LogP contribution in [0.2, 0.25) is 0 Å². The molecule has 3 fully saturated rings. The van der Waals surface area contributed by atoms with E-state index in [4.69, 9.17) is 9.79 Å². The normalized spacial score (nSPS) is 48.0. The molecule has 4 rings (SSSR count). The highest BCUT2D eigenvalue weighted by Crippen LogP contribution is 2.70. The van der Waals surface area contributed by atoms with E-state index >= 15 is 4.39 Å². The van der Waals surface area contributed by atoms with Crippen molar-refractivity contribution >= 4 is 19.4 Å². The number of halogens is 1. The quantitative estimate of drug-likeness (QED) is 0.456. The highest BCUT2D eigenvalue weighted by molar-refractivity contribution is 7.46. The van der Waals surface area contributed by atoms with Gasteiger partial charge in [0.1, 0.15) is 12.2 Å². The van der Waals surface area contributed by atoms with Crippen LogP contribution in [0.15, 0.2) is 23.8 Å². The van der Waals surface area contributed by atoms with Crippen LogP contribution in [0.25, 0.3) is 0 Å². The predicted molar refractivity (Wildman–Crippen MR) is 111 cm³/mol. The molecule has 4 aliphatic carbocycles. The lowest BCUT2D eigenvalue weighted by Gasteiger charge is -2.62. The molecule has 0 aromatic carbocycles. The molecule has 4 N–H and O–H groups in total. The lowest BCUT2D eigenvalue weighted by Crippen LogP contribution is -2.69. The SMILES string of the molecule is C[C@@H]1CC2C3CCC4=CC(=O)C=CC4(C)[C@@]3(F)C(O)CC2(C)[C@@]1(O)C(=O)COP(=O)(O)O. The lowest BCUT2D eigenvalue weighted by molar-refractivity contribution is -0.219. The Labute approximate surface area is 185 Å². The smallest absolute Gasteiger partial charge is 0.390 e. The molecule has 3 saturated carbocycles. The van der Waals surface area contributed by atoms with E-state index in [1.807, 2.05) is 0 Å². The first-order chi connectivity index (χ1) is 14.6. The molecule has 8 atom stereocenters. The van der Waals surface area contributed by atoms with Crippen molar-refractivity contribution in [3.8, 4) is 0 Å². The van der Waals surface area contributed by atoms with Crippen molar-refractivity contribution in [1.29, 1.82) is 0 Å². The fraction of sp³-hybridized carbons (Fsp3) is 0.727. The molecule has 0 aromatic heterocycles. The molecule has 0 amide bonds. The number of phosphoric acid groups is 1. The highest BCUT2D eigenvalue weighted by Gasteiger charge is 2.75. The molecular formula is C22H30FO8P. The molecule has 4 aliphatic rings. The van der Waals surface area contributed by atoms with Gasteiger partial charge in [-0.1, -0.05) is 25.5 Å². The molecule has 8 nitrogen and oxygen atoms in total. The molecule has 10 heteroatoms. The topological polar surface area (TPSA) is 141 Å². The van der Waals surface area contributed by atoms with E-state index in [1.165, 1.54) is 18.2 Å². The molecule has 178 valence electrons. The Morgan fingerprint density at radius 1 is 1.31 bits per heavy atom. The van der Waals surface area contributed by atoms with Crippen LogP contribution in [0.1, 0.15) is 46.5 Å². The Morgan fingerprint density at radius 3 is 2.59 bits per heavy atom. The molecule has 32 heavy (non-hydrogen) atoms. The summed E-state index contributed by atoms with van der Waals surface area (Å²) >= 11 is 0. The number of carbonyl (C=O) groups is 2. The molecule has 0 spiro atoms. The van der Waals surface area contributed by atoms with E-state index in [2.05, 4.69) is 4.52 Å². The fourth-order valence-electron chi connectivity index (χ4n) is 7.39. The molecule has 0 aliphatic heterocycles. The fourth-order valence-corrected chi connectivity index (χ4v) is 7.68. The zero-order valence-electron chi connectivity index (χ0n) is 18.3. The summed E-state index contributed by atoms with van der Waals surface area (Å²) in [5, 5.41) is 22.8. The van der Waals surface area contributed by atoms with Crippen LogP contribution in [0.4, 0.5) is 4.39 Å². The molecule has 0 saturated heterocycles. The van der Waals surface area contributed by atoms with Crippen molar-refractivity contribution in [2.75, 3.05) is 6.61 Å². The van der Waals surface area contributed by atoms with Crippen molar-refractivity contribution in [3.05, 3.63) is 23.8 Å². The number of alkyl halides is 1. The van der Waals surface area contributed by atoms with Gasteiger partial charge in [-0.2, -0.15) is 0 Å². The second kappa shape index (κ2) is 7.14. The largest absolute Gasteiger partial charge is 0.470 e. The number of rotatable bonds is 4. The minimum absolute atomic E-state index is 0.211. The van der Waals surface area contributed by atoms with E-state index in [9.17, 15) is 24.4 Å². The van der Waals surface area contributed by atoms with Crippen molar-refractivity contribution < 1.29 is 43.1 Å². The Balaban J connectivity index is 1.74. The number of Topliss-reactive ketones (excluding diaryl/α,β-unsaturated/α-hetero) is 1. The summed E-state index contributed by atoms with van der Waals surface area (Å²) in [6.07, 6.45) is 3.70. The van der Waals surface area contributed by atoms with Crippen LogP contribution in [0.5, 0.6) is 0 Å². The van der Waals surface area contributed by atoms with E-state index in [0.29, 0.717) is 24.8 Å². The number of aliphatic hydroxyl groups is 2. The van der Waals surface area contributed by atoms with E-state index in [1.54, 1.807) is 20.8 Å². The zero-order chi connectivity index (χ0) is 23.9. The van der Waals surface area contributed by atoms with Gasteiger partial charge >= 0.3 is 7.82 Å². The number of allylic oxidation sites excluding steroid dienone is 4. The van der Waals surface area contributed by atoms with Gasteiger partial charge in [0.15, 0.2) is 17.2 Å². The number of fused-ring (bicyclic) bond motifs is 5. The first-order valence-corrected chi connectivity index (χ1v) is 12.4. The van der Waals surface area contributed by atoms with Gasteiger partial charge in [0.25, 0.3) is 0 Å². The average Bonchev–Trinajstić information content (AvgIpc) is 2.89. The predicted octanol–water partition coefficient (Wildman–Crippen LogP) is 2.01. The van der Waals surface area contributed by atoms with Crippen LogP contribution < -0.4 is 0 Å². The average molecular weight is 472 g/mol. The summed E-state index contributed by atoms with van der Waals surface area (Å²) in [5.41, 5.74) is -5.88. The highest BCUT2D eigenvalue weighted by atomic mass is 31.2. The number of hydrogen-bond acceptors (Lipinski definition) is 6. The minimum atomic E-state index is -4.93. The molecular weight excluding hydrogens is 442 g/mol. The number of phosphoric ester groups is 1. The van der Waals surface area contributed by atoms with Gasteiger partial charge in [-0.25, -0.2) is 8.96 Å². The number of hydrogen-bond donors (Lipinski definition) is 4.